The number of carbonyl (C=O) groups is 1. The molecule has 0 radical (unpaired) electrons. The highest BCUT2D eigenvalue weighted by molar-refractivity contribution is 5.94. The van der Waals surface area contributed by atoms with Crippen LogP contribution >= 0.6 is 0 Å². The van der Waals surface area contributed by atoms with Crippen molar-refractivity contribution in [1.82, 2.24) is 10.3 Å². The molecule has 0 fully saturated rings. The molecule has 1 rings (SSSR count). The minimum Gasteiger partial charge on any atom is -0.352 e. The van der Waals surface area contributed by atoms with E-state index in [1.165, 1.54) is 12.3 Å². The van der Waals surface area contributed by atoms with Gasteiger partial charge in [-0.05, 0) is 18.4 Å². The third kappa shape index (κ3) is 3.65. The first kappa shape index (κ1) is 11.6. The van der Waals surface area contributed by atoms with Crippen LogP contribution in [-0.2, 0) is 0 Å². The second-order valence-electron chi connectivity index (χ2n) is 3.79. The zero-order valence-electron chi connectivity index (χ0n) is 8.96. The summed E-state index contributed by atoms with van der Waals surface area (Å²) in [4.78, 5) is 15.0. The largest absolute Gasteiger partial charge is 0.352 e. The highest BCUT2D eigenvalue weighted by Crippen LogP contribution is 2.04. The van der Waals surface area contributed by atoms with Crippen molar-refractivity contribution in [3.8, 4) is 0 Å². The average molecular weight is 210 g/mol. The highest BCUT2D eigenvalue weighted by Gasteiger charge is 2.10. The van der Waals surface area contributed by atoms with E-state index in [2.05, 4.69) is 24.1 Å². The Balaban J connectivity index is 2.51. The van der Waals surface area contributed by atoms with Gasteiger partial charge in [0.2, 0.25) is 0 Å². The quantitative estimate of drug-likeness (QED) is 0.825. The molecule has 1 N–H and O–H groups in total. The Labute approximate surface area is 88.7 Å². The zero-order chi connectivity index (χ0) is 11.3. The Morgan fingerprint density at radius 3 is 2.93 bits per heavy atom. The molecule has 0 bridgehead atoms. The average Bonchev–Trinajstić information content (AvgIpc) is 2.17. The van der Waals surface area contributed by atoms with E-state index in [4.69, 9.17) is 0 Å². The maximum atomic E-state index is 13.1. The normalized spacial score (nSPS) is 10.4. The summed E-state index contributed by atoms with van der Waals surface area (Å²) in [6.07, 6.45) is 3.33. The second kappa shape index (κ2) is 5.44. The molecule has 1 heterocycles. The van der Waals surface area contributed by atoms with Gasteiger partial charge in [0.05, 0.1) is 11.8 Å². The second-order valence-corrected chi connectivity index (χ2v) is 3.79. The van der Waals surface area contributed by atoms with Gasteiger partial charge in [-0.1, -0.05) is 13.8 Å². The van der Waals surface area contributed by atoms with Gasteiger partial charge < -0.3 is 5.32 Å². The number of rotatable bonds is 4. The number of halogens is 1. The van der Waals surface area contributed by atoms with Crippen LogP contribution in [-0.4, -0.2) is 17.4 Å². The van der Waals surface area contributed by atoms with Crippen molar-refractivity contribution < 1.29 is 9.18 Å². The molecule has 0 saturated heterocycles. The number of hydrogen-bond acceptors (Lipinski definition) is 2. The number of pyridine rings is 1. The number of carbonyl (C=O) groups excluding carboxylic acids is 1. The topological polar surface area (TPSA) is 42.0 Å². The van der Waals surface area contributed by atoms with Crippen molar-refractivity contribution in [2.24, 2.45) is 5.92 Å². The number of nitrogens with zero attached hydrogens (tertiary/aromatic N) is 1. The standard InChI is InChI=1S/C11H15FN2O/c1-8(2)3-6-14-11(15)9-4-5-13-7-10(9)12/h4-5,7-8H,3,6H2,1-2H3,(H,14,15). The van der Waals surface area contributed by atoms with Crippen LogP contribution in [0, 0.1) is 11.7 Å². The smallest absolute Gasteiger partial charge is 0.254 e. The van der Waals surface area contributed by atoms with E-state index in [-0.39, 0.29) is 11.5 Å². The summed E-state index contributed by atoms with van der Waals surface area (Å²) < 4.78 is 13.1. The predicted molar refractivity (Wildman–Crippen MR) is 56.0 cm³/mol. The Hall–Kier alpha value is -1.45. The molecule has 15 heavy (non-hydrogen) atoms. The summed E-state index contributed by atoms with van der Waals surface area (Å²) >= 11 is 0. The predicted octanol–water partition coefficient (Wildman–Crippen LogP) is 2.00. The lowest BCUT2D eigenvalue weighted by Crippen LogP contribution is -2.26. The lowest BCUT2D eigenvalue weighted by atomic mass is 10.1. The van der Waals surface area contributed by atoms with Gasteiger partial charge in [0.25, 0.3) is 5.91 Å². The van der Waals surface area contributed by atoms with Crippen LogP contribution in [0.15, 0.2) is 18.5 Å². The first-order valence-electron chi connectivity index (χ1n) is 4.99. The fourth-order valence-electron chi connectivity index (χ4n) is 1.13. The molecule has 0 unspecified atom stereocenters. The van der Waals surface area contributed by atoms with Gasteiger partial charge in [0, 0.05) is 12.7 Å². The van der Waals surface area contributed by atoms with Crippen molar-refractivity contribution in [3.63, 3.8) is 0 Å². The summed E-state index contributed by atoms with van der Waals surface area (Å²) in [6, 6.07) is 1.38. The van der Waals surface area contributed by atoms with Crippen LogP contribution < -0.4 is 5.32 Å². The molecule has 0 aliphatic rings. The van der Waals surface area contributed by atoms with Gasteiger partial charge in [-0.2, -0.15) is 0 Å². The van der Waals surface area contributed by atoms with Crippen LogP contribution in [0.3, 0.4) is 0 Å². The molecular formula is C11H15FN2O. The monoisotopic (exact) mass is 210 g/mol. The Morgan fingerprint density at radius 2 is 2.33 bits per heavy atom. The van der Waals surface area contributed by atoms with Gasteiger partial charge in [-0.15, -0.1) is 0 Å². The highest BCUT2D eigenvalue weighted by atomic mass is 19.1. The Bertz CT molecular complexity index is 339. The van der Waals surface area contributed by atoms with Crippen LogP contribution in [0.2, 0.25) is 0 Å². The van der Waals surface area contributed by atoms with E-state index in [0.29, 0.717) is 12.5 Å². The minimum atomic E-state index is -0.584. The molecular weight excluding hydrogens is 195 g/mol. The third-order valence-corrected chi connectivity index (χ3v) is 2.02. The Kier molecular flexibility index (Phi) is 4.21. The van der Waals surface area contributed by atoms with E-state index in [9.17, 15) is 9.18 Å². The lowest BCUT2D eigenvalue weighted by Gasteiger charge is -2.07. The first-order chi connectivity index (χ1) is 7.11. The molecule has 1 amide bonds. The van der Waals surface area contributed by atoms with Crippen LogP contribution in [0.5, 0.6) is 0 Å². The number of aromatic nitrogens is 1. The van der Waals surface area contributed by atoms with Crippen LogP contribution in [0.4, 0.5) is 4.39 Å². The summed E-state index contributed by atoms with van der Waals surface area (Å²) in [5.41, 5.74) is 0.0498. The summed E-state index contributed by atoms with van der Waals surface area (Å²) in [7, 11) is 0. The number of hydrogen-bond donors (Lipinski definition) is 1. The molecule has 0 spiro atoms. The van der Waals surface area contributed by atoms with E-state index >= 15 is 0 Å². The maximum Gasteiger partial charge on any atom is 0.254 e. The van der Waals surface area contributed by atoms with Gasteiger partial charge in [0.15, 0.2) is 5.82 Å². The van der Waals surface area contributed by atoms with Crippen molar-refractivity contribution in [3.05, 3.63) is 29.8 Å². The minimum absolute atomic E-state index is 0.0498. The molecule has 1 aromatic rings. The molecule has 3 nitrogen and oxygen atoms in total. The third-order valence-electron chi connectivity index (χ3n) is 2.02. The van der Waals surface area contributed by atoms with Crippen molar-refractivity contribution in [2.75, 3.05) is 6.54 Å². The fraction of sp³-hybridized carbons (Fsp3) is 0.455. The SMILES string of the molecule is CC(C)CCNC(=O)c1ccncc1F. The molecule has 0 aliphatic carbocycles. The van der Waals surface area contributed by atoms with Crippen LogP contribution in [0.25, 0.3) is 0 Å². The van der Waals surface area contributed by atoms with Gasteiger partial charge in [-0.25, -0.2) is 4.39 Å². The zero-order valence-corrected chi connectivity index (χ0v) is 8.96. The van der Waals surface area contributed by atoms with Crippen molar-refractivity contribution in [1.29, 1.82) is 0 Å². The molecule has 4 heteroatoms. The van der Waals surface area contributed by atoms with E-state index in [1.807, 2.05) is 0 Å². The van der Waals surface area contributed by atoms with Gasteiger partial charge in [-0.3, -0.25) is 9.78 Å². The van der Waals surface area contributed by atoms with Gasteiger partial charge in [0.1, 0.15) is 0 Å². The molecule has 0 saturated carbocycles. The maximum absolute atomic E-state index is 13.1. The van der Waals surface area contributed by atoms with E-state index in [0.717, 1.165) is 12.6 Å². The summed E-state index contributed by atoms with van der Waals surface area (Å²) in [5, 5.41) is 2.66. The van der Waals surface area contributed by atoms with E-state index < -0.39 is 5.82 Å². The van der Waals surface area contributed by atoms with Crippen LogP contribution in [0.1, 0.15) is 30.6 Å². The molecule has 82 valence electrons. The molecule has 0 aromatic carbocycles. The van der Waals surface area contributed by atoms with Crippen molar-refractivity contribution in [2.45, 2.75) is 20.3 Å². The molecule has 1 aromatic heterocycles. The Morgan fingerprint density at radius 1 is 1.60 bits per heavy atom. The summed E-state index contributed by atoms with van der Waals surface area (Å²) in [6.45, 7) is 4.70. The lowest BCUT2D eigenvalue weighted by molar-refractivity contribution is 0.0948. The van der Waals surface area contributed by atoms with Gasteiger partial charge >= 0.3 is 0 Å². The fourth-order valence-corrected chi connectivity index (χ4v) is 1.13. The molecule has 0 aliphatic heterocycles. The first-order valence-corrected chi connectivity index (χ1v) is 4.99. The molecule has 0 atom stereocenters. The summed E-state index contributed by atoms with van der Waals surface area (Å²) in [5.74, 6) is -0.442. The van der Waals surface area contributed by atoms with E-state index in [1.54, 1.807) is 0 Å². The number of amides is 1. The number of nitrogens with one attached hydrogen (secondary N) is 1. The van der Waals surface area contributed by atoms with Crippen molar-refractivity contribution >= 4 is 5.91 Å².